The van der Waals surface area contributed by atoms with Crippen molar-refractivity contribution in [1.82, 2.24) is 9.78 Å². The van der Waals surface area contributed by atoms with E-state index in [9.17, 15) is 4.79 Å². The summed E-state index contributed by atoms with van der Waals surface area (Å²) in [5.41, 5.74) is 1.77. The van der Waals surface area contributed by atoms with Gasteiger partial charge in [-0.3, -0.25) is 0 Å². The lowest BCUT2D eigenvalue weighted by Crippen LogP contribution is -2.14. The number of aromatic nitrogens is 2. The molecule has 122 valence electrons. The Morgan fingerprint density at radius 3 is 2.75 bits per heavy atom. The van der Waals surface area contributed by atoms with Crippen LogP contribution in [0.25, 0.3) is 5.69 Å². The number of ether oxygens (including phenoxy) is 2. The van der Waals surface area contributed by atoms with Gasteiger partial charge in [-0.25, -0.2) is 9.48 Å². The maximum atomic E-state index is 11.8. The highest BCUT2D eigenvalue weighted by Gasteiger charge is 2.07. The predicted molar refractivity (Wildman–Crippen MR) is 93.0 cm³/mol. The maximum absolute atomic E-state index is 11.8. The Kier molecular flexibility index (Phi) is 5.28. The zero-order chi connectivity index (χ0) is 16.8. The van der Waals surface area contributed by atoms with Gasteiger partial charge in [0.15, 0.2) is 6.61 Å². The zero-order valence-corrected chi connectivity index (χ0v) is 14.3. The average molecular weight is 387 g/mol. The topological polar surface area (TPSA) is 53.4 Å². The number of hydrogen-bond donors (Lipinski definition) is 0. The summed E-state index contributed by atoms with van der Waals surface area (Å²) in [5.74, 6) is 0.181. The molecule has 0 radical (unpaired) electrons. The molecule has 0 N–H and O–H groups in total. The summed E-state index contributed by atoms with van der Waals surface area (Å²) < 4.78 is 13.2. The molecule has 0 atom stereocenters. The van der Waals surface area contributed by atoms with Gasteiger partial charge in [0.2, 0.25) is 0 Å². The minimum Gasteiger partial charge on any atom is -0.482 e. The average Bonchev–Trinajstić information content (AvgIpc) is 3.08. The molecule has 0 aliphatic carbocycles. The molecule has 0 saturated heterocycles. The Morgan fingerprint density at radius 1 is 1.12 bits per heavy atom. The van der Waals surface area contributed by atoms with Crippen molar-refractivity contribution in [3.8, 4) is 11.4 Å². The number of halogens is 1. The third kappa shape index (κ3) is 4.45. The molecular formula is C18H15BrN2O3. The van der Waals surface area contributed by atoms with Crippen molar-refractivity contribution in [2.75, 3.05) is 6.61 Å². The van der Waals surface area contributed by atoms with Crippen LogP contribution in [0.3, 0.4) is 0 Å². The van der Waals surface area contributed by atoms with Crippen LogP contribution in [-0.2, 0) is 16.1 Å². The Labute approximate surface area is 148 Å². The molecule has 0 aliphatic rings. The maximum Gasteiger partial charge on any atom is 0.344 e. The highest BCUT2D eigenvalue weighted by molar-refractivity contribution is 9.10. The summed E-state index contributed by atoms with van der Waals surface area (Å²) in [6.45, 7) is 0.0246. The normalized spacial score (nSPS) is 10.4. The Morgan fingerprint density at radius 2 is 1.96 bits per heavy atom. The summed E-state index contributed by atoms with van der Waals surface area (Å²) >= 11 is 3.35. The number of esters is 1. The molecule has 1 aromatic heterocycles. The van der Waals surface area contributed by atoms with Gasteiger partial charge in [-0.1, -0.05) is 40.2 Å². The molecule has 3 rings (SSSR count). The highest BCUT2D eigenvalue weighted by atomic mass is 79.9. The second kappa shape index (κ2) is 7.79. The summed E-state index contributed by atoms with van der Waals surface area (Å²) in [4.78, 5) is 11.8. The lowest BCUT2D eigenvalue weighted by atomic mass is 10.3. The van der Waals surface area contributed by atoms with Gasteiger partial charge in [-0.05, 0) is 30.3 Å². The number of para-hydroxylation sites is 1. The van der Waals surface area contributed by atoms with Gasteiger partial charge in [0.1, 0.15) is 12.4 Å². The first-order valence-electron chi connectivity index (χ1n) is 7.34. The summed E-state index contributed by atoms with van der Waals surface area (Å²) in [7, 11) is 0. The second-order valence-corrected chi connectivity index (χ2v) is 5.95. The number of carbonyl (C=O) groups is 1. The molecule has 0 bridgehead atoms. The second-order valence-electron chi connectivity index (χ2n) is 5.04. The van der Waals surface area contributed by atoms with Crippen molar-refractivity contribution in [2.24, 2.45) is 0 Å². The molecule has 3 aromatic rings. The molecule has 0 fully saturated rings. The summed E-state index contributed by atoms with van der Waals surface area (Å²) in [5, 5.41) is 4.26. The SMILES string of the molecule is O=C(COc1cccc(Br)c1)OCc1cnn(-c2ccccc2)c1. The van der Waals surface area contributed by atoms with Gasteiger partial charge in [0.25, 0.3) is 0 Å². The van der Waals surface area contributed by atoms with Crippen molar-refractivity contribution < 1.29 is 14.3 Å². The van der Waals surface area contributed by atoms with Crippen LogP contribution >= 0.6 is 15.9 Å². The van der Waals surface area contributed by atoms with E-state index in [0.717, 1.165) is 15.7 Å². The van der Waals surface area contributed by atoms with E-state index in [-0.39, 0.29) is 13.2 Å². The van der Waals surface area contributed by atoms with Crippen LogP contribution in [0.2, 0.25) is 0 Å². The fourth-order valence-corrected chi connectivity index (χ4v) is 2.44. The molecule has 0 amide bonds. The Balaban J connectivity index is 1.49. The van der Waals surface area contributed by atoms with E-state index in [2.05, 4.69) is 21.0 Å². The van der Waals surface area contributed by atoms with Crippen molar-refractivity contribution in [3.05, 3.63) is 77.0 Å². The van der Waals surface area contributed by atoms with Gasteiger partial charge < -0.3 is 9.47 Å². The Hall–Kier alpha value is -2.60. The first-order valence-corrected chi connectivity index (χ1v) is 8.13. The molecule has 0 saturated carbocycles. The van der Waals surface area contributed by atoms with Crippen molar-refractivity contribution in [3.63, 3.8) is 0 Å². The van der Waals surface area contributed by atoms with Crippen molar-refractivity contribution in [2.45, 2.75) is 6.61 Å². The fraction of sp³-hybridized carbons (Fsp3) is 0.111. The van der Waals surface area contributed by atoms with E-state index in [1.807, 2.05) is 48.7 Å². The number of benzene rings is 2. The first-order chi connectivity index (χ1) is 11.7. The lowest BCUT2D eigenvalue weighted by Gasteiger charge is -2.06. The smallest absolute Gasteiger partial charge is 0.344 e. The van der Waals surface area contributed by atoms with Gasteiger partial charge in [0, 0.05) is 16.2 Å². The van der Waals surface area contributed by atoms with E-state index in [4.69, 9.17) is 9.47 Å². The zero-order valence-electron chi connectivity index (χ0n) is 12.8. The minimum atomic E-state index is -0.428. The van der Waals surface area contributed by atoms with Crippen LogP contribution < -0.4 is 4.74 Å². The van der Waals surface area contributed by atoms with E-state index in [1.54, 1.807) is 23.0 Å². The monoisotopic (exact) mass is 386 g/mol. The predicted octanol–water partition coefficient (Wildman–Crippen LogP) is 3.76. The number of carbonyl (C=O) groups excluding carboxylic acids is 1. The molecule has 2 aromatic carbocycles. The largest absolute Gasteiger partial charge is 0.482 e. The van der Waals surface area contributed by atoms with E-state index >= 15 is 0 Å². The van der Waals surface area contributed by atoms with Crippen LogP contribution in [0.5, 0.6) is 5.75 Å². The van der Waals surface area contributed by atoms with E-state index in [1.165, 1.54) is 0 Å². The van der Waals surface area contributed by atoms with Gasteiger partial charge >= 0.3 is 5.97 Å². The molecular weight excluding hydrogens is 372 g/mol. The molecule has 6 heteroatoms. The van der Waals surface area contributed by atoms with Gasteiger partial charge in [0.05, 0.1) is 11.9 Å². The quantitative estimate of drug-likeness (QED) is 0.605. The van der Waals surface area contributed by atoms with Gasteiger partial charge in [-0.15, -0.1) is 0 Å². The van der Waals surface area contributed by atoms with Crippen LogP contribution in [0, 0.1) is 0 Å². The van der Waals surface area contributed by atoms with Crippen LogP contribution in [0.15, 0.2) is 71.5 Å². The van der Waals surface area contributed by atoms with Crippen molar-refractivity contribution >= 4 is 21.9 Å². The Bertz CT molecular complexity index is 818. The lowest BCUT2D eigenvalue weighted by molar-refractivity contribution is -0.147. The van der Waals surface area contributed by atoms with Gasteiger partial charge in [-0.2, -0.15) is 5.10 Å². The number of rotatable bonds is 6. The first kappa shape index (κ1) is 16.3. The minimum absolute atomic E-state index is 0.136. The molecule has 24 heavy (non-hydrogen) atoms. The molecule has 0 unspecified atom stereocenters. The molecule has 1 heterocycles. The molecule has 0 spiro atoms. The standard InChI is InChI=1S/C18H15BrN2O3/c19-15-5-4-8-17(9-15)23-13-18(22)24-12-14-10-20-21(11-14)16-6-2-1-3-7-16/h1-11H,12-13H2. The third-order valence-electron chi connectivity index (χ3n) is 3.21. The number of nitrogens with zero attached hydrogens (tertiary/aromatic N) is 2. The fourth-order valence-electron chi connectivity index (χ4n) is 2.06. The molecule has 0 aliphatic heterocycles. The van der Waals surface area contributed by atoms with Crippen LogP contribution in [0.4, 0.5) is 0 Å². The number of hydrogen-bond acceptors (Lipinski definition) is 4. The summed E-state index contributed by atoms with van der Waals surface area (Å²) in [6.07, 6.45) is 3.51. The van der Waals surface area contributed by atoms with Crippen molar-refractivity contribution in [1.29, 1.82) is 0 Å². The van der Waals surface area contributed by atoms with E-state index in [0.29, 0.717) is 5.75 Å². The third-order valence-corrected chi connectivity index (χ3v) is 3.70. The highest BCUT2D eigenvalue weighted by Crippen LogP contribution is 2.17. The molecule has 5 nitrogen and oxygen atoms in total. The summed E-state index contributed by atoms with van der Waals surface area (Å²) in [6, 6.07) is 17.0. The van der Waals surface area contributed by atoms with Crippen LogP contribution in [0.1, 0.15) is 5.56 Å². The van der Waals surface area contributed by atoms with Crippen LogP contribution in [-0.4, -0.2) is 22.4 Å². The van der Waals surface area contributed by atoms with E-state index < -0.39 is 5.97 Å².